The predicted molar refractivity (Wildman–Crippen MR) is 92.7 cm³/mol. The number of aromatic nitrogens is 2. The number of carbonyl (C=O) groups is 1. The Balaban J connectivity index is 1.86. The van der Waals surface area contributed by atoms with Crippen molar-refractivity contribution in [2.75, 3.05) is 10.6 Å². The molecule has 0 aliphatic carbocycles. The van der Waals surface area contributed by atoms with E-state index in [1.54, 1.807) is 0 Å². The number of hydrogen-bond acceptors (Lipinski definition) is 4. The number of rotatable bonds is 4. The molecule has 0 saturated carbocycles. The molecule has 23 heavy (non-hydrogen) atoms. The number of anilines is 3. The highest BCUT2D eigenvalue weighted by Gasteiger charge is 2.08. The fourth-order valence-corrected chi connectivity index (χ4v) is 2.20. The van der Waals surface area contributed by atoms with Crippen LogP contribution in [-0.2, 0) is 4.79 Å². The molecule has 1 amide bonds. The minimum absolute atomic E-state index is 0.00497. The van der Waals surface area contributed by atoms with E-state index in [4.69, 9.17) is 0 Å². The fourth-order valence-electron chi connectivity index (χ4n) is 2.20. The van der Waals surface area contributed by atoms with Crippen LogP contribution in [0.15, 0.2) is 54.9 Å². The summed E-state index contributed by atoms with van der Waals surface area (Å²) in [5.74, 6) is 0.676. The average Bonchev–Trinajstić information content (AvgIpc) is 2.55. The maximum Gasteiger partial charge on any atom is 0.226 e. The summed E-state index contributed by atoms with van der Waals surface area (Å²) in [6, 6.07) is 15.4. The summed E-state index contributed by atoms with van der Waals surface area (Å²) in [6.45, 7) is 3.73. The topological polar surface area (TPSA) is 66.9 Å². The third-order valence-electron chi connectivity index (χ3n) is 3.46. The second kappa shape index (κ2) is 6.44. The van der Waals surface area contributed by atoms with Gasteiger partial charge in [0.25, 0.3) is 0 Å². The predicted octanol–water partition coefficient (Wildman–Crippen LogP) is 3.97. The van der Waals surface area contributed by atoms with E-state index in [1.165, 1.54) is 6.33 Å². The van der Waals surface area contributed by atoms with Gasteiger partial charge in [0.2, 0.25) is 5.91 Å². The summed E-state index contributed by atoms with van der Waals surface area (Å²) in [5.41, 5.74) is 2.50. The van der Waals surface area contributed by atoms with Gasteiger partial charge in [-0.25, -0.2) is 9.97 Å². The Bertz CT molecular complexity index is 840. The lowest BCUT2D eigenvalue weighted by atomic mass is 10.2. The second-order valence-corrected chi connectivity index (χ2v) is 5.59. The zero-order valence-electron chi connectivity index (χ0n) is 13.1. The quantitative estimate of drug-likeness (QED) is 0.765. The maximum atomic E-state index is 11.8. The molecule has 116 valence electrons. The standard InChI is InChI=1S/C18H18N4O/c1-12(2)18(23)22-14-7-5-6-13(10-14)21-17-15-8-3-4-9-16(15)19-11-20-17/h3-12H,1-2H3,(H,22,23)(H,19,20,21). The zero-order chi connectivity index (χ0) is 16.2. The van der Waals surface area contributed by atoms with Gasteiger partial charge in [-0.3, -0.25) is 4.79 Å². The second-order valence-electron chi connectivity index (χ2n) is 5.59. The molecule has 2 aromatic carbocycles. The molecule has 2 N–H and O–H groups in total. The fraction of sp³-hybridized carbons (Fsp3) is 0.167. The Hall–Kier alpha value is -2.95. The highest BCUT2D eigenvalue weighted by Crippen LogP contribution is 2.24. The van der Waals surface area contributed by atoms with Gasteiger partial charge in [0.15, 0.2) is 0 Å². The van der Waals surface area contributed by atoms with E-state index < -0.39 is 0 Å². The van der Waals surface area contributed by atoms with Gasteiger partial charge in [-0.1, -0.05) is 32.0 Å². The zero-order valence-corrected chi connectivity index (χ0v) is 13.1. The first kappa shape index (κ1) is 15.0. The van der Waals surface area contributed by atoms with E-state index in [1.807, 2.05) is 62.4 Å². The van der Waals surface area contributed by atoms with E-state index >= 15 is 0 Å². The van der Waals surface area contributed by atoms with E-state index in [0.717, 1.165) is 28.1 Å². The van der Waals surface area contributed by atoms with Gasteiger partial charge < -0.3 is 10.6 Å². The van der Waals surface area contributed by atoms with Crippen molar-refractivity contribution in [3.8, 4) is 0 Å². The molecule has 0 atom stereocenters. The van der Waals surface area contributed by atoms with Crippen LogP contribution in [0.5, 0.6) is 0 Å². The van der Waals surface area contributed by atoms with Crippen LogP contribution in [0.3, 0.4) is 0 Å². The monoisotopic (exact) mass is 306 g/mol. The van der Waals surface area contributed by atoms with E-state index in [0.29, 0.717) is 0 Å². The first-order valence-electron chi connectivity index (χ1n) is 7.51. The molecule has 0 bridgehead atoms. The number of hydrogen-bond donors (Lipinski definition) is 2. The molecular weight excluding hydrogens is 288 g/mol. The normalized spacial score (nSPS) is 10.7. The lowest BCUT2D eigenvalue weighted by Gasteiger charge is -2.11. The van der Waals surface area contributed by atoms with Crippen molar-refractivity contribution in [1.82, 2.24) is 9.97 Å². The summed E-state index contributed by atoms with van der Waals surface area (Å²) in [4.78, 5) is 20.4. The maximum absolute atomic E-state index is 11.8. The van der Waals surface area contributed by atoms with Crippen LogP contribution in [0, 0.1) is 5.92 Å². The van der Waals surface area contributed by atoms with Crippen LogP contribution in [0.4, 0.5) is 17.2 Å². The van der Waals surface area contributed by atoms with Crippen molar-refractivity contribution >= 4 is 34.0 Å². The molecule has 1 aromatic heterocycles. The molecule has 0 aliphatic heterocycles. The number of fused-ring (bicyclic) bond motifs is 1. The lowest BCUT2D eigenvalue weighted by Crippen LogP contribution is -2.17. The summed E-state index contributed by atoms with van der Waals surface area (Å²) >= 11 is 0. The van der Waals surface area contributed by atoms with Gasteiger partial charge in [0.1, 0.15) is 12.1 Å². The molecule has 3 aromatic rings. The molecule has 0 aliphatic rings. The van der Waals surface area contributed by atoms with Crippen molar-refractivity contribution in [2.45, 2.75) is 13.8 Å². The lowest BCUT2D eigenvalue weighted by molar-refractivity contribution is -0.118. The molecule has 0 spiro atoms. The summed E-state index contributed by atoms with van der Waals surface area (Å²) < 4.78 is 0. The van der Waals surface area contributed by atoms with Crippen molar-refractivity contribution in [2.24, 2.45) is 5.92 Å². The summed E-state index contributed by atoms with van der Waals surface area (Å²) in [6.07, 6.45) is 1.54. The van der Waals surface area contributed by atoms with Crippen molar-refractivity contribution in [1.29, 1.82) is 0 Å². The largest absolute Gasteiger partial charge is 0.340 e. The van der Waals surface area contributed by atoms with E-state index in [2.05, 4.69) is 20.6 Å². The highest BCUT2D eigenvalue weighted by atomic mass is 16.1. The number of amides is 1. The average molecular weight is 306 g/mol. The first-order valence-corrected chi connectivity index (χ1v) is 7.51. The van der Waals surface area contributed by atoms with Gasteiger partial charge in [0.05, 0.1) is 5.52 Å². The smallest absolute Gasteiger partial charge is 0.226 e. The number of para-hydroxylation sites is 1. The molecule has 5 nitrogen and oxygen atoms in total. The minimum Gasteiger partial charge on any atom is -0.340 e. The Morgan fingerprint density at radius 3 is 2.61 bits per heavy atom. The molecule has 1 heterocycles. The van der Waals surface area contributed by atoms with E-state index in [-0.39, 0.29) is 11.8 Å². The first-order chi connectivity index (χ1) is 11.1. The SMILES string of the molecule is CC(C)C(=O)Nc1cccc(Nc2ncnc3ccccc23)c1. The number of nitrogens with zero attached hydrogens (tertiary/aromatic N) is 2. The Kier molecular flexibility index (Phi) is 4.19. The summed E-state index contributed by atoms with van der Waals surface area (Å²) in [5, 5.41) is 7.13. The molecule has 0 saturated heterocycles. The third-order valence-corrected chi connectivity index (χ3v) is 3.46. The molecule has 0 radical (unpaired) electrons. The molecular formula is C18H18N4O. The number of carbonyl (C=O) groups excluding carboxylic acids is 1. The Morgan fingerprint density at radius 2 is 1.78 bits per heavy atom. The van der Waals surface area contributed by atoms with Crippen LogP contribution in [0.1, 0.15) is 13.8 Å². The molecule has 0 fully saturated rings. The third kappa shape index (κ3) is 3.45. The minimum atomic E-state index is -0.0579. The van der Waals surface area contributed by atoms with Crippen LogP contribution >= 0.6 is 0 Å². The van der Waals surface area contributed by atoms with Gasteiger partial charge in [-0.05, 0) is 30.3 Å². The van der Waals surface area contributed by atoms with Gasteiger partial charge in [0, 0.05) is 22.7 Å². The number of nitrogens with one attached hydrogen (secondary N) is 2. The van der Waals surface area contributed by atoms with Crippen LogP contribution in [-0.4, -0.2) is 15.9 Å². The van der Waals surface area contributed by atoms with Crippen LogP contribution in [0.25, 0.3) is 10.9 Å². The van der Waals surface area contributed by atoms with Gasteiger partial charge in [-0.15, -0.1) is 0 Å². The van der Waals surface area contributed by atoms with E-state index in [9.17, 15) is 4.79 Å². The van der Waals surface area contributed by atoms with Crippen molar-refractivity contribution < 1.29 is 4.79 Å². The van der Waals surface area contributed by atoms with Gasteiger partial charge >= 0.3 is 0 Å². The van der Waals surface area contributed by atoms with Crippen molar-refractivity contribution in [3.63, 3.8) is 0 Å². The van der Waals surface area contributed by atoms with Crippen LogP contribution in [0.2, 0.25) is 0 Å². The molecule has 3 rings (SSSR count). The molecule has 0 unspecified atom stereocenters. The van der Waals surface area contributed by atoms with Crippen molar-refractivity contribution in [3.05, 3.63) is 54.9 Å². The summed E-state index contributed by atoms with van der Waals surface area (Å²) in [7, 11) is 0. The number of benzene rings is 2. The Labute approximate surface area is 134 Å². The molecule has 5 heteroatoms. The van der Waals surface area contributed by atoms with Crippen LogP contribution < -0.4 is 10.6 Å². The highest BCUT2D eigenvalue weighted by molar-refractivity contribution is 5.93. The van der Waals surface area contributed by atoms with Gasteiger partial charge in [-0.2, -0.15) is 0 Å². The Morgan fingerprint density at radius 1 is 1.00 bits per heavy atom.